The summed E-state index contributed by atoms with van der Waals surface area (Å²) in [6.45, 7) is 4.01. The molecule has 0 unspecified atom stereocenters. The Morgan fingerprint density at radius 3 is 2.89 bits per heavy atom. The monoisotopic (exact) mass is 366 g/mol. The van der Waals surface area contributed by atoms with E-state index in [4.69, 9.17) is 9.47 Å². The molecule has 6 heteroatoms. The van der Waals surface area contributed by atoms with Crippen molar-refractivity contribution in [1.82, 2.24) is 5.32 Å². The Bertz CT molecular complexity index is 926. The zero-order valence-corrected chi connectivity index (χ0v) is 15.6. The third-order valence-electron chi connectivity index (χ3n) is 5.27. The molecule has 1 fully saturated rings. The van der Waals surface area contributed by atoms with E-state index in [1.54, 1.807) is 23.1 Å². The number of carbonyl (C=O) groups is 2. The fourth-order valence-corrected chi connectivity index (χ4v) is 3.93. The molecular weight excluding hydrogens is 344 g/mol. The molecule has 0 radical (unpaired) electrons. The average molecular weight is 366 g/mol. The Morgan fingerprint density at radius 1 is 1.33 bits per heavy atom. The van der Waals surface area contributed by atoms with Gasteiger partial charge in [-0.3, -0.25) is 4.90 Å². The number of urea groups is 1. The maximum atomic E-state index is 12.9. The molecule has 4 rings (SSSR count). The predicted octanol–water partition coefficient (Wildman–Crippen LogP) is 3.81. The van der Waals surface area contributed by atoms with E-state index < -0.39 is 11.7 Å². The second kappa shape index (κ2) is 6.30. The average Bonchev–Trinajstić information content (AvgIpc) is 2.66. The van der Waals surface area contributed by atoms with Crippen LogP contribution in [0.3, 0.4) is 0 Å². The minimum absolute atomic E-state index is 0.212. The molecule has 2 aromatic rings. The van der Waals surface area contributed by atoms with Crippen LogP contribution in [0.2, 0.25) is 0 Å². The molecule has 2 aliphatic heterocycles. The highest BCUT2D eigenvalue weighted by Gasteiger charge is 2.50. The number of hydrogen-bond acceptors (Lipinski definition) is 4. The number of nitrogens with one attached hydrogen (secondary N) is 1. The van der Waals surface area contributed by atoms with E-state index >= 15 is 0 Å². The molecule has 0 aromatic heterocycles. The van der Waals surface area contributed by atoms with Crippen molar-refractivity contribution in [3.05, 3.63) is 59.2 Å². The summed E-state index contributed by atoms with van der Waals surface area (Å²) < 4.78 is 11.1. The van der Waals surface area contributed by atoms with Crippen LogP contribution >= 0.6 is 0 Å². The molecule has 27 heavy (non-hydrogen) atoms. The maximum Gasteiger partial charge on any atom is 0.337 e. The van der Waals surface area contributed by atoms with Gasteiger partial charge in [0.15, 0.2) is 5.72 Å². The summed E-state index contributed by atoms with van der Waals surface area (Å²) in [5.74, 6) is 0.254. The maximum absolute atomic E-state index is 12.9. The Labute approximate surface area is 158 Å². The van der Waals surface area contributed by atoms with Crippen molar-refractivity contribution >= 4 is 17.7 Å². The van der Waals surface area contributed by atoms with Crippen LogP contribution in [-0.2, 0) is 11.2 Å². The van der Waals surface area contributed by atoms with Crippen LogP contribution < -0.4 is 15.0 Å². The number of carbonyl (C=O) groups excluding carboxylic acids is 2. The topological polar surface area (TPSA) is 67.9 Å². The number of esters is 1. The van der Waals surface area contributed by atoms with E-state index in [-0.39, 0.29) is 12.1 Å². The van der Waals surface area contributed by atoms with Crippen molar-refractivity contribution in [2.75, 3.05) is 12.0 Å². The first-order valence-electron chi connectivity index (χ1n) is 9.06. The summed E-state index contributed by atoms with van der Waals surface area (Å²) in [4.78, 5) is 26.5. The van der Waals surface area contributed by atoms with E-state index in [1.807, 2.05) is 31.2 Å². The second-order valence-corrected chi connectivity index (χ2v) is 7.09. The highest BCUT2D eigenvalue weighted by molar-refractivity contribution is 5.95. The van der Waals surface area contributed by atoms with E-state index in [1.165, 1.54) is 7.11 Å². The summed E-state index contributed by atoms with van der Waals surface area (Å²) in [6, 6.07) is 12.7. The predicted molar refractivity (Wildman–Crippen MR) is 101 cm³/mol. The molecule has 2 amide bonds. The first-order valence-corrected chi connectivity index (χ1v) is 9.06. The lowest BCUT2D eigenvalue weighted by molar-refractivity contribution is 0.0377. The molecule has 0 spiro atoms. The lowest BCUT2D eigenvalue weighted by Gasteiger charge is -2.50. The van der Waals surface area contributed by atoms with Crippen LogP contribution in [0.1, 0.15) is 47.8 Å². The minimum atomic E-state index is -0.806. The van der Waals surface area contributed by atoms with Gasteiger partial charge in [0.05, 0.1) is 18.7 Å². The van der Waals surface area contributed by atoms with Gasteiger partial charge in [0.1, 0.15) is 5.75 Å². The number of anilines is 1. The molecule has 0 saturated carbocycles. The summed E-state index contributed by atoms with van der Waals surface area (Å²) >= 11 is 0. The summed E-state index contributed by atoms with van der Waals surface area (Å²) in [5.41, 5.74) is 2.40. The molecule has 2 bridgehead atoms. The number of amides is 2. The lowest BCUT2D eigenvalue weighted by Crippen LogP contribution is -2.65. The molecule has 0 aliphatic carbocycles. The minimum Gasteiger partial charge on any atom is -0.467 e. The normalized spacial score (nSPS) is 23.1. The van der Waals surface area contributed by atoms with Gasteiger partial charge < -0.3 is 14.8 Å². The molecule has 2 atom stereocenters. The number of hydrogen-bond donors (Lipinski definition) is 1. The first kappa shape index (κ1) is 17.4. The molecule has 1 saturated heterocycles. The van der Waals surface area contributed by atoms with Crippen molar-refractivity contribution < 1.29 is 19.1 Å². The first-order chi connectivity index (χ1) is 12.9. The van der Waals surface area contributed by atoms with Crippen LogP contribution in [0.15, 0.2) is 42.5 Å². The van der Waals surface area contributed by atoms with Crippen molar-refractivity contribution in [1.29, 1.82) is 0 Å². The molecule has 2 aliphatic rings. The summed E-state index contributed by atoms with van der Waals surface area (Å²) in [6.07, 6.45) is 1.47. The third kappa shape index (κ3) is 2.81. The number of rotatable bonds is 3. The number of benzene rings is 2. The highest BCUT2D eigenvalue weighted by atomic mass is 16.5. The molecule has 2 aromatic carbocycles. The van der Waals surface area contributed by atoms with Gasteiger partial charge in [-0.25, -0.2) is 9.59 Å². The van der Waals surface area contributed by atoms with E-state index in [2.05, 4.69) is 12.2 Å². The number of aryl methyl sites for hydroxylation is 1. The van der Waals surface area contributed by atoms with Gasteiger partial charge in [0.25, 0.3) is 0 Å². The van der Waals surface area contributed by atoms with Gasteiger partial charge in [-0.1, -0.05) is 19.1 Å². The van der Waals surface area contributed by atoms with E-state index in [0.717, 1.165) is 23.2 Å². The van der Waals surface area contributed by atoms with E-state index in [0.29, 0.717) is 17.7 Å². The van der Waals surface area contributed by atoms with Crippen LogP contribution in [0.25, 0.3) is 0 Å². The zero-order valence-electron chi connectivity index (χ0n) is 15.6. The molecule has 6 nitrogen and oxygen atoms in total. The fourth-order valence-electron chi connectivity index (χ4n) is 3.93. The van der Waals surface area contributed by atoms with Crippen LogP contribution in [0.4, 0.5) is 10.5 Å². The van der Waals surface area contributed by atoms with Crippen molar-refractivity contribution in [2.45, 2.75) is 38.5 Å². The Morgan fingerprint density at radius 2 is 2.15 bits per heavy atom. The standard InChI is InChI=1S/C21H22N2O4/c1-4-13-6-5-7-15(10-13)23-20(25)22-17-12-21(23,2)27-18-9-8-14(11-16(17)18)19(24)26-3/h5-11,17H,4,12H2,1-3H3,(H,22,25)/t17-,21-/m1/s1. The SMILES string of the molecule is CCc1cccc(N2C(=O)N[C@@H]3C[C@@]2(C)Oc2ccc(C(=O)OC)cc23)c1. The third-order valence-corrected chi connectivity index (χ3v) is 5.27. The van der Waals surface area contributed by atoms with Crippen LogP contribution in [0, 0.1) is 0 Å². The smallest absolute Gasteiger partial charge is 0.337 e. The number of methoxy groups -OCH3 is 1. The number of fused-ring (bicyclic) bond motifs is 4. The summed E-state index contributed by atoms with van der Waals surface area (Å²) in [5, 5.41) is 3.05. The number of nitrogens with zero attached hydrogens (tertiary/aromatic N) is 1. The van der Waals surface area contributed by atoms with Gasteiger partial charge in [0.2, 0.25) is 0 Å². The molecule has 1 N–H and O–H groups in total. The Kier molecular flexibility index (Phi) is 4.06. The summed E-state index contributed by atoms with van der Waals surface area (Å²) in [7, 11) is 1.35. The van der Waals surface area contributed by atoms with E-state index in [9.17, 15) is 9.59 Å². The lowest BCUT2D eigenvalue weighted by atomic mass is 9.89. The quantitative estimate of drug-likeness (QED) is 0.839. The Balaban J connectivity index is 1.75. The second-order valence-electron chi connectivity index (χ2n) is 7.09. The zero-order chi connectivity index (χ0) is 19.2. The molecule has 140 valence electrons. The van der Waals surface area contributed by atoms with Gasteiger partial charge in [0, 0.05) is 17.7 Å². The van der Waals surface area contributed by atoms with Gasteiger partial charge in [-0.05, 0) is 49.2 Å². The van der Waals surface area contributed by atoms with Gasteiger partial charge >= 0.3 is 12.0 Å². The molecule has 2 heterocycles. The fraction of sp³-hybridized carbons (Fsp3) is 0.333. The van der Waals surface area contributed by atoms with Crippen molar-refractivity contribution in [3.63, 3.8) is 0 Å². The largest absolute Gasteiger partial charge is 0.467 e. The van der Waals surface area contributed by atoms with Crippen LogP contribution in [-0.4, -0.2) is 24.8 Å². The molecular formula is C21H22N2O4. The number of ether oxygens (including phenoxy) is 2. The highest BCUT2D eigenvalue weighted by Crippen LogP contribution is 2.45. The van der Waals surface area contributed by atoms with Crippen LogP contribution in [0.5, 0.6) is 5.75 Å². The van der Waals surface area contributed by atoms with Gasteiger partial charge in [-0.15, -0.1) is 0 Å². The van der Waals surface area contributed by atoms with Crippen molar-refractivity contribution in [3.8, 4) is 5.75 Å². The van der Waals surface area contributed by atoms with Gasteiger partial charge in [-0.2, -0.15) is 0 Å². The van der Waals surface area contributed by atoms with Crippen molar-refractivity contribution in [2.24, 2.45) is 0 Å². The Hall–Kier alpha value is -3.02.